The molecule has 2 rings (SSSR count). The van der Waals surface area contributed by atoms with E-state index in [-0.39, 0.29) is 6.42 Å². The van der Waals surface area contributed by atoms with Gasteiger partial charge in [0, 0.05) is 19.5 Å². The minimum Gasteiger partial charge on any atom is -0.475 e. The van der Waals surface area contributed by atoms with Gasteiger partial charge in [0.2, 0.25) is 5.92 Å². The molecule has 0 aliphatic carbocycles. The first kappa shape index (κ1) is 17.2. The van der Waals surface area contributed by atoms with Crippen LogP contribution < -0.4 is 4.74 Å². The van der Waals surface area contributed by atoms with Crippen LogP contribution in [-0.4, -0.2) is 46.1 Å². The Morgan fingerprint density at radius 2 is 2.18 bits per heavy atom. The number of unbranched alkanes of at least 4 members (excludes halogenated alkanes) is 1. The molecule has 0 radical (unpaired) electrons. The molecule has 1 aromatic rings. The van der Waals surface area contributed by atoms with Crippen molar-refractivity contribution in [3.05, 3.63) is 11.8 Å². The van der Waals surface area contributed by atoms with Crippen LogP contribution >= 0.6 is 11.7 Å². The molecule has 124 valence electrons. The molecule has 0 saturated carbocycles. The zero-order valence-electron chi connectivity index (χ0n) is 12.5. The second kappa shape index (κ2) is 7.92. The van der Waals surface area contributed by atoms with Gasteiger partial charge in [-0.15, -0.1) is 4.37 Å². The standard InChI is InChI=1S/C14H20F3N3OS/c1-14(16,17)6-2-3-8-21-13-12(18-22-19-13)11-5-4-7-20(9-11)10-15/h5H,2-4,6-10H2,1H3. The summed E-state index contributed by atoms with van der Waals surface area (Å²) in [5.41, 5.74) is 1.55. The number of rotatable bonds is 8. The molecule has 0 amide bonds. The normalized spacial score (nSPS) is 16.6. The molecule has 0 aromatic carbocycles. The van der Waals surface area contributed by atoms with Crippen molar-refractivity contribution in [3.8, 4) is 5.88 Å². The van der Waals surface area contributed by atoms with Crippen LogP contribution in [0.5, 0.6) is 5.88 Å². The van der Waals surface area contributed by atoms with Gasteiger partial charge in [-0.3, -0.25) is 4.90 Å². The first-order valence-electron chi connectivity index (χ1n) is 7.30. The average Bonchev–Trinajstić information content (AvgIpc) is 2.94. The Morgan fingerprint density at radius 1 is 1.36 bits per heavy atom. The second-order valence-electron chi connectivity index (χ2n) is 5.48. The van der Waals surface area contributed by atoms with Gasteiger partial charge in [0.15, 0.2) is 0 Å². The molecule has 1 aromatic heterocycles. The molecule has 1 aliphatic heterocycles. The van der Waals surface area contributed by atoms with Gasteiger partial charge in [0.25, 0.3) is 5.88 Å². The fraction of sp³-hybridized carbons (Fsp3) is 0.714. The highest BCUT2D eigenvalue weighted by atomic mass is 32.1. The van der Waals surface area contributed by atoms with Gasteiger partial charge in [-0.1, -0.05) is 6.08 Å². The zero-order chi connectivity index (χ0) is 16.0. The third kappa shape index (κ3) is 5.24. The van der Waals surface area contributed by atoms with Gasteiger partial charge in [0.1, 0.15) is 12.5 Å². The van der Waals surface area contributed by atoms with Gasteiger partial charge in [0.05, 0.1) is 18.3 Å². The van der Waals surface area contributed by atoms with E-state index in [0.717, 1.165) is 30.6 Å². The number of ether oxygens (including phenoxy) is 1. The molecule has 0 N–H and O–H groups in total. The average molecular weight is 335 g/mol. The van der Waals surface area contributed by atoms with Crippen LogP contribution in [-0.2, 0) is 0 Å². The van der Waals surface area contributed by atoms with E-state index in [9.17, 15) is 13.2 Å². The number of halogens is 3. The predicted molar refractivity (Wildman–Crippen MR) is 80.0 cm³/mol. The summed E-state index contributed by atoms with van der Waals surface area (Å²) in [6.45, 7) is 1.94. The number of nitrogens with zero attached hydrogens (tertiary/aromatic N) is 3. The van der Waals surface area contributed by atoms with Gasteiger partial charge < -0.3 is 4.74 Å². The lowest BCUT2D eigenvalue weighted by Gasteiger charge is -2.23. The fourth-order valence-corrected chi connectivity index (χ4v) is 2.79. The largest absolute Gasteiger partial charge is 0.475 e. The highest BCUT2D eigenvalue weighted by Crippen LogP contribution is 2.27. The molecular weight excluding hydrogens is 315 g/mol. The molecule has 8 heteroatoms. The molecule has 22 heavy (non-hydrogen) atoms. The Morgan fingerprint density at radius 3 is 2.91 bits per heavy atom. The fourth-order valence-electron chi connectivity index (χ4n) is 2.26. The molecule has 0 fully saturated rings. The van der Waals surface area contributed by atoms with E-state index in [1.54, 1.807) is 4.90 Å². The molecule has 0 spiro atoms. The number of aromatic nitrogens is 2. The van der Waals surface area contributed by atoms with E-state index in [1.807, 2.05) is 6.08 Å². The smallest absolute Gasteiger partial charge is 0.253 e. The quantitative estimate of drug-likeness (QED) is 0.536. The van der Waals surface area contributed by atoms with Crippen molar-refractivity contribution in [2.24, 2.45) is 0 Å². The van der Waals surface area contributed by atoms with Crippen LogP contribution in [0.1, 0.15) is 38.3 Å². The molecule has 2 heterocycles. The van der Waals surface area contributed by atoms with Gasteiger partial charge in [-0.25, -0.2) is 13.2 Å². The van der Waals surface area contributed by atoms with Gasteiger partial charge in [-0.05, 0) is 31.8 Å². The number of alkyl halides is 3. The van der Waals surface area contributed by atoms with E-state index in [1.165, 1.54) is 0 Å². The number of hydrogen-bond acceptors (Lipinski definition) is 5. The molecular formula is C14H20F3N3OS. The van der Waals surface area contributed by atoms with Crippen molar-refractivity contribution < 1.29 is 17.9 Å². The predicted octanol–water partition coefficient (Wildman–Crippen LogP) is 3.76. The molecule has 0 saturated heterocycles. The van der Waals surface area contributed by atoms with Crippen molar-refractivity contribution >= 4 is 17.3 Å². The third-order valence-electron chi connectivity index (χ3n) is 3.41. The minimum atomic E-state index is -2.63. The summed E-state index contributed by atoms with van der Waals surface area (Å²) in [6, 6.07) is 0. The van der Waals surface area contributed by atoms with Crippen molar-refractivity contribution in [1.82, 2.24) is 13.6 Å². The number of hydrogen-bond donors (Lipinski definition) is 0. The van der Waals surface area contributed by atoms with Gasteiger partial charge in [-0.2, -0.15) is 4.37 Å². The van der Waals surface area contributed by atoms with Crippen molar-refractivity contribution in [2.45, 2.75) is 38.5 Å². The lowest BCUT2D eigenvalue weighted by atomic mass is 10.1. The van der Waals surface area contributed by atoms with Crippen LogP contribution in [0.3, 0.4) is 0 Å². The molecule has 4 nitrogen and oxygen atoms in total. The summed E-state index contributed by atoms with van der Waals surface area (Å²) in [6.07, 6.45) is 3.58. The summed E-state index contributed by atoms with van der Waals surface area (Å²) < 4.78 is 52.0. The summed E-state index contributed by atoms with van der Waals surface area (Å²) in [7, 11) is 0. The van der Waals surface area contributed by atoms with Crippen molar-refractivity contribution in [1.29, 1.82) is 0 Å². The third-order valence-corrected chi connectivity index (χ3v) is 3.92. The summed E-state index contributed by atoms with van der Waals surface area (Å²) in [4.78, 5) is 1.68. The van der Waals surface area contributed by atoms with Crippen LogP contribution in [0.4, 0.5) is 13.2 Å². The first-order valence-corrected chi connectivity index (χ1v) is 8.03. The summed E-state index contributed by atoms with van der Waals surface area (Å²) >= 11 is 1.04. The Hall–Kier alpha value is -1.15. The van der Waals surface area contributed by atoms with Crippen LogP contribution in [0.25, 0.3) is 5.57 Å². The van der Waals surface area contributed by atoms with E-state index >= 15 is 0 Å². The summed E-state index contributed by atoms with van der Waals surface area (Å²) in [5, 5.41) is 0. The van der Waals surface area contributed by atoms with Crippen LogP contribution in [0, 0.1) is 0 Å². The van der Waals surface area contributed by atoms with E-state index in [4.69, 9.17) is 4.74 Å². The Balaban J connectivity index is 1.84. The molecule has 1 aliphatic rings. The Labute approximate surface area is 132 Å². The lowest BCUT2D eigenvalue weighted by Crippen LogP contribution is -2.28. The van der Waals surface area contributed by atoms with Crippen LogP contribution in [0.15, 0.2) is 6.08 Å². The van der Waals surface area contributed by atoms with Crippen molar-refractivity contribution in [3.63, 3.8) is 0 Å². The molecule has 0 bridgehead atoms. The Bertz CT molecular complexity index is 502. The maximum atomic E-state index is 12.8. The topological polar surface area (TPSA) is 38.3 Å². The highest BCUT2D eigenvalue weighted by molar-refractivity contribution is 6.99. The minimum absolute atomic E-state index is 0.144. The molecule has 0 unspecified atom stereocenters. The van der Waals surface area contributed by atoms with E-state index in [2.05, 4.69) is 8.75 Å². The maximum absolute atomic E-state index is 12.8. The summed E-state index contributed by atoms with van der Waals surface area (Å²) in [5.74, 6) is -2.21. The van der Waals surface area contributed by atoms with E-state index in [0.29, 0.717) is 44.1 Å². The van der Waals surface area contributed by atoms with E-state index < -0.39 is 12.7 Å². The SMILES string of the molecule is CC(F)(F)CCCCOc1nsnc1C1=CCCN(CF)C1. The lowest BCUT2D eigenvalue weighted by molar-refractivity contribution is 0.00970. The zero-order valence-corrected chi connectivity index (χ0v) is 13.3. The maximum Gasteiger partial charge on any atom is 0.253 e. The molecule has 0 atom stereocenters. The van der Waals surface area contributed by atoms with Crippen molar-refractivity contribution in [2.75, 3.05) is 26.5 Å². The van der Waals surface area contributed by atoms with Crippen LogP contribution in [0.2, 0.25) is 0 Å². The highest BCUT2D eigenvalue weighted by Gasteiger charge is 2.21. The second-order valence-corrected chi connectivity index (χ2v) is 6.01. The van der Waals surface area contributed by atoms with Gasteiger partial charge >= 0.3 is 0 Å². The first-order chi connectivity index (χ1) is 10.5. The Kier molecular flexibility index (Phi) is 6.19. The monoisotopic (exact) mass is 335 g/mol.